The molecule has 0 aliphatic rings. The second kappa shape index (κ2) is 8.38. The van der Waals surface area contributed by atoms with E-state index in [4.69, 9.17) is 15.7 Å². The second-order valence-corrected chi connectivity index (χ2v) is 9.62. The highest BCUT2D eigenvalue weighted by Crippen LogP contribution is 2.38. The van der Waals surface area contributed by atoms with Crippen LogP contribution in [0.15, 0.2) is 44.9 Å². The van der Waals surface area contributed by atoms with Gasteiger partial charge in [-0.3, -0.25) is 0 Å². The maximum atomic E-state index is 5.70. The normalized spacial score (nSPS) is 11.1. The Morgan fingerprint density at radius 1 is 1.07 bits per heavy atom. The van der Waals surface area contributed by atoms with Crippen molar-refractivity contribution in [3.63, 3.8) is 0 Å². The van der Waals surface area contributed by atoms with E-state index >= 15 is 0 Å². The van der Waals surface area contributed by atoms with Crippen LogP contribution in [0.5, 0.6) is 0 Å². The fourth-order valence-corrected chi connectivity index (χ4v) is 5.51. The van der Waals surface area contributed by atoms with E-state index in [1.165, 1.54) is 34.4 Å². The predicted octanol–water partition coefficient (Wildman–Crippen LogP) is 4.92. The lowest BCUT2D eigenvalue weighted by atomic mass is 10.3. The highest BCUT2D eigenvalue weighted by Gasteiger charge is 2.17. The van der Waals surface area contributed by atoms with Crippen molar-refractivity contribution in [1.82, 2.24) is 25.1 Å². The molecule has 138 valence electrons. The molecule has 0 unspecified atom stereocenters. The van der Waals surface area contributed by atoms with Crippen molar-refractivity contribution >= 4 is 72.5 Å². The number of hydrogen-bond donors (Lipinski definition) is 2. The number of nitrogens with two attached hydrogens (primary N) is 1. The quantitative estimate of drug-likeness (QED) is 0.239. The van der Waals surface area contributed by atoms with E-state index in [-0.39, 0.29) is 0 Å². The molecule has 0 fully saturated rings. The molecule has 27 heavy (non-hydrogen) atoms. The molecule has 3 aromatic heterocycles. The van der Waals surface area contributed by atoms with Gasteiger partial charge in [0.25, 0.3) is 0 Å². The highest BCUT2D eigenvalue weighted by atomic mass is 32.2. The van der Waals surface area contributed by atoms with Crippen LogP contribution in [-0.4, -0.2) is 30.9 Å². The molecule has 4 aromatic rings. The van der Waals surface area contributed by atoms with E-state index in [0.29, 0.717) is 5.13 Å². The number of fused-ring (bicyclic) bond motifs is 1. The number of aromatic nitrogens is 5. The maximum absolute atomic E-state index is 5.70. The molecule has 0 saturated heterocycles. The number of thiazole rings is 1. The Labute approximate surface area is 172 Å². The van der Waals surface area contributed by atoms with Gasteiger partial charge in [-0.15, -0.1) is 10.2 Å². The predicted molar refractivity (Wildman–Crippen MR) is 114 cm³/mol. The monoisotopic (exact) mass is 433 g/mol. The maximum Gasteiger partial charge on any atom is 0.203 e. The van der Waals surface area contributed by atoms with Crippen molar-refractivity contribution < 1.29 is 0 Å². The summed E-state index contributed by atoms with van der Waals surface area (Å²) >= 11 is 5.91. The molecule has 1 aromatic carbocycles. The Balaban J connectivity index is 1.71. The summed E-state index contributed by atoms with van der Waals surface area (Å²) in [6, 6.07) is 9.95. The van der Waals surface area contributed by atoms with Gasteiger partial charge in [-0.05, 0) is 30.3 Å². The minimum absolute atomic E-state index is 0.438. The van der Waals surface area contributed by atoms with Crippen molar-refractivity contribution in [3.05, 3.63) is 30.3 Å². The van der Waals surface area contributed by atoms with Gasteiger partial charge in [-0.25, -0.2) is 15.0 Å². The van der Waals surface area contributed by atoms with Crippen molar-refractivity contribution in [3.8, 4) is 0 Å². The van der Waals surface area contributed by atoms with Crippen LogP contribution in [0.3, 0.4) is 0 Å². The summed E-state index contributed by atoms with van der Waals surface area (Å²) in [7, 11) is 0. The van der Waals surface area contributed by atoms with Crippen molar-refractivity contribution in [2.75, 3.05) is 16.8 Å². The van der Waals surface area contributed by atoms with E-state index in [0.717, 1.165) is 47.9 Å². The Hall–Kier alpha value is -1.95. The van der Waals surface area contributed by atoms with Gasteiger partial charge in [0.05, 0.1) is 0 Å². The zero-order chi connectivity index (χ0) is 18.6. The summed E-state index contributed by atoms with van der Waals surface area (Å²) in [6.07, 6.45) is 1.06. The number of thioether (sulfide) groups is 1. The summed E-state index contributed by atoms with van der Waals surface area (Å²) < 4.78 is 0.740. The fraction of sp³-hybridized carbons (Fsp3) is 0.188. The lowest BCUT2D eigenvalue weighted by Crippen LogP contribution is -1.92. The molecule has 0 atom stereocenters. The highest BCUT2D eigenvalue weighted by molar-refractivity contribution is 8.01. The smallest absolute Gasteiger partial charge is 0.203 e. The summed E-state index contributed by atoms with van der Waals surface area (Å²) in [6.45, 7) is 2.14. The van der Waals surface area contributed by atoms with Crippen LogP contribution < -0.4 is 11.1 Å². The standard InChI is InChI=1S/C16H15N7S4/c1-2-8-24-14-20-11-10(12(21-14)26-16-23-22-13(17)27-16)19-15(25-11)18-9-6-4-3-5-7-9/h3-7H,2,8H2,1H3,(H2,17,22)(H,18,19). The molecule has 0 saturated carbocycles. The second-order valence-electron chi connectivity index (χ2n) is 5.33. The van der Waals surface area contributed by atoms with Crippen LogP contribution in [0.4, 0.5) is 16.0 Å². The Bertz CT molecular complexity index is 1050. The molecule has 3 N–H and O–H groups in total. The van der Waals surface area contributed by atoms with Gasteiger partial charge < -0.3 is 11.1 Å². The number of nitrogens with one attached hydrogen (secondary N) is 1. The topological polar surface area (TPSA) is 102 Å². The first kappa shape index (κ1) is 18.4. The van der Waals surface area contributed by atoms with E-state index in [1.807, 2.05) is 30.3 Å². The van der Waals surface area contributed by atoms with Crippen LogP contribution in [0.1, 0.15) is 13.3 Å². The number of hydrogen-bond acceptors (Lipinski definition) is 11. The lowest BCUT2D eigenvalue weighted by Gasteiger charge is -2.02. The number of rotatable bonds is 7. The van der Waals surface area contributed by atoms with Crippen LogP contribution in [0.25, 0.3) is 10.3 Å². The number of para-hydroxylation sites is 1. The summed E-state index contributed by atoms with van der Waals surface area (Å²) in [5.41, 5.74) is 7.45. The molecule has 11 heteroatoms. The lowest BCUT2D eigenvalue weighted by molar-refractivity contribution is 0.923. The molecule has 0 aliphatic carbocycles. The molecule has 0 radical (unpaired) electrons. The molecular weight excluding hydrogens is 418 g/mol. The van der Waals surface area contributed by atoms with Gasteiger partial charge in [0.1, 0.15) is 10.5 Å². The molecular formula is C16H15N7S4. The van der Waals surface area contributed by atoms with Crippen LogP contribution in [0.2, 0.25) is 0 Å². The number of benzene rings is 1. The molecule has 4 rings (SSSR count). The molecule has 3 heterocycles. The third kappa shape index (κ3) is 4.49. The van der Waals surface area contributed by atoms with Gasteiger partial charge in [-0.2, -0.15) is 0 Å². The number of anilines is 3. The van der Waals surface area contributed by atoms with E-state index in [1.54, 1.807) is 11.8 Å². The SMILES string of the molecule is CCCSc1nc(Sc2nnc(N)s2)c2nc(Nc3ccccc3)sc2n1. The van der Waals surface area contributed by atoms with Gasteiger partial charge in [0.2, 0.25) is 5.13 Å². The first-order valence-electron chi connectivity index (χ1n) is 8.11. The van der Waals surface area contributed by atoms with Gasteiger partial charge in [0.15, 0.2) is 19.5 Å². The number of nitrogens with zero attached hydrogens (tertiary/aromatic N) is 5. The third-order valence-corrected chi connectivity index (χ3v) is 6.97. The van der Waals surface area contributed by atoms with Crippen molar-refractivity contribution in [1.29, 1.82) is 0 Å². The first-order chi connectivity index (χ1) is 13.2. The molecule has 0 bridgehead atoms. The van der Waals surface area contributed by atoms with E-state index in [2.05, 4.69) is 27.4 Å². The molecule has 7 nitrogen and oxygen atoms in total. The van der Waals surface area contributed by atoms with Crippen LogP contribution >= 0.6 is 46.2 Å². The number of nitrogen functional groups attached to an aromatic ring is 1. The molecule has 0 spiro atoms. The average Bonchev–Trinajstić information content (AvgIpc) is 3.26. The Kier molecular flexibility index (Phi) is 5.72. The van der Waals surface area contributed by atoms with E-state index < -0.39 is 0 Å². The van der Waals surface area contributed by atoms with Gasteiger partial charge in [-0.1, -0.05) is 59.6 Å². The summed E-state index contributed by atoms with van der Waals surface area (Å²) in [4.78, 5) is 14.9. The summed E-state index contributed by atoms with van der Waals surface area (Å²) in [5, 5.41) is 14.0. The minimum Gasteiger partial charge on any atom is -0.374 e. The Morgan fingerprint density at radius 2 is 1.93 bits per heavy atom. The van der Waals surface area contributed by atoms with Gasteiger partial charge in [0, 0.05) is 11.4 Å². The minimum atomic E-state index is 0.438. The van der Waals surface area contributed by atoms with E-state index in [9.17, 15) is 0 Å². The third-order valence-electron chi connectivity index (χ3n) is 3.27. The zero-order valence-corrected chi connectivity index (χ0v) is 17.5. The average molecular weight is 434 g/mol. The largest absolute Gasteiger partial charge is 0.374 e. The van der Waals surface area contributed by atoms with Crippen LogP contribution in [-0.2, 0) is 0 Å². The fourth-order valence-electron chi connectivity index (χ4n) is 2.15. The van der Waals surface area contributed by atoms with Crippen LogP contribution in [0, 0.1) is 0 Å². The van der Waals surface area contributed by atoms with Crippen molar-refractivity contribution in [2.45, 2.75) is 27.9 Å². The van der Waals surface area contributed by atoms with Gasteiger partial charge >= 0.3 is 0 Å². The van der Waals surface area contributed by atoms with Crippen molar-refractivity contribution in [2.24, 2.45) is 0 Å². The summed E-state index contributed by atoms with van der Waals surface area (Å²) in [5.74, 6) is 0.968. The Morgan fingerprint density at radius 3 is 2.67 bits per heavy atom. The molecule has 0 amide bonds. The molecule has 0 aliphatic heterocycles. The zero-order valence-electron chi connectivity index (χ0n) is 14.2. The first-order valence-corrected chi connectivity index (χ1v) is 11.5.